The second-order valence-corrected chi connectivity index (χ2v) is 3.84. The molecule has 2 nitrogen and oxygen atoms in total. The molecule has 2 rings (SSSR count). The Morgan fingerprint density at radius 3 is 2.60 bits per heavy atom. The number of aromatic nitrogens is 1. The van der Waals surface area contributed by atoms with Crippen molar-refractivity contribution in [2.75, 3.05) is 0 Å². The molecule has 0 aliphatic rings. The van der Waals surface area contributed by atoms with E-state index < -0.39 is 0 Å². The van der Waals surface area contributed by atoms with Crippen LogP contribution in [0.3, 0.4) is 0 Å². The van der Waals surface area contributed by atoms with E-state index in [0.29, 0.717) is 5.56 Å². The summed E-state index contributed by atoms with van der Waals surface area (Å²) in [7, 11) is 0. The number of rotatable bonds is 1. The van der Waals surface area contributed by atoms with Crippen molar-refractivity contribution in [2.24, 2.45) is 0 Å². The lowest BCUT2D eigenvalue weighted by atomic mass is 10.0. The van der Waals surface area contributed by atoms with Crippen molar-refractivity contribution in [3.63, 3.8) is 0 Å². The standard InChI is InChI=1S/C12H7BrN2/c13-12-6-5-10(8-15-12)11-4-2-1-3-9(11)7-14/h1-6,8H. The minimum atomic E-state index is 0.668. The molecule has 0 unspecified atom stereocenters. The van der Waals surface area contributed by atoms with Crippen LogP contribution < -0.4 is 0 Å². The Morgan fingerprint density at radius 1 is 1.13 bits per heavy atom. The Labute approximate surface area is 96.3 Å². The molecule has 1 heterocycles. The van der Waals surface area contributed by atoms with Crippen molar-refractivity contribution in [3.8, 4) is 17.2 Å². The van der Waals surface area contributed by atoms with Crippen LogP contribution in [0, 0.1) is 11.3 Å². The fourth-order valence-electron chi connectivity index (χ4n) is 1.37. The molecule has 0 aliphatic heterocycles. The SMILES string of the molecule is N#Cc1ccccc1-c1ccc(Br)nc1. The first kappa shape index (κ1) is 9.88. The van der Waals surface area contributed by atoms with E-state index in [1.54, 1.807) is 12.3 Å². The van der Waals surface area contributed by atoms with E-state index in [1.165, 1.54) is 0 Å². The number of nitrogens with zero attached hydrogens (tertiary/aromatic N) is 2. The summed E-state index contributed by atoms with van der Waals surface area (Å²) in [6, 6.07) is 13.5. The molecule has 0 spiro atoms. The maximum absolute atomic E-state index is 8.95. The van der Waals surface area contributed by atoms with Crippen LogP contribution in [0.15, 0.2) is 47.2 Å². The molecule has 0 radical (unpaired) electrons. The Bertz CT molecular complexity index is 512. The first-order chi connectivity index (χ1) is 7.31. The van der Waals surface area contributed by atoms with Crippen LogP contribution in [-0.2, 0) is 0 Å². The van der Waals surface area contributed by atoms with Crippen molar-refractivity contribution in [1.82, 2.24) is 4.98 Å². The molecule has 0 saturated heterocycles. The summed E-state index contributed by atoms with van der Waals surface area (Å²) in [5.74, 6) is 0. The zero-order chi connectivity index (χ0) is 10.7. The van der Waals surface area contributed by atoms with E-state index in [-0.39, 0.29) is 0 Å². The fourth-order valence-corrected chi connectivity index (χ4v) is 1.60. The third-order valence-electron chi connectivity index (χ3n) is 2.09. The molecular weight excluding hydrogens is 252 g/mol. The van der Waals surface area contributed by atoms with Gasteiger partial charge in [-0.1, -0.05) is 24.3 Å². The molecule has 1 aromatic carbocycles. The van der Waals surface area contributed by atoms with Gasteiger partial charge in [0, 0.05) is 17.3 Å². The van der Waals surface area contributed by atoms with Crippen LogP contribution in [0.2, 0.25) is 0 Å². The summed E-state index contributed by atoms with van der Waals surface area (Å²) < 4.78 is 0.792. The largest absolute Gasteiger partial charge is 0.249 e. The van der Waals surface area contributed by atoms with Crippen LogP contribution in [0.5, 0.6) is 0 Å². The van der Waals surface area contributed by atoms with Gasteiger partial charge >= 0.3 is 0 Å². The summed E-state index contributed by atoms with van der Waals surface area (Å²) in [4.78, 5) is 4.14. The van der Waals surface area contributed by atoms with Crippen LogP contribution >= 0.6 is 15.9 Å². The summed E-state index contributed by atoms with van der Waals surface area (Å²) in [5, 5.41) is 8.95. The van der Waals surface area contributed by atoms with E-state index in [0.717, 1.165) is 15.7 Å². The maximum atomic E-state index is 8.95. The highest BCUT2D eigenvalue weighted by molar-refractivity contribution is 9.10. The molecule has 1 aromatic heterocycles. The van der Waals surface area contributed by atoms with Gasteiger partial charge in [-0.25, -0.2) is 4.98 Å². The monoisotopic (exact) mass is 258 g/mol. The third kappa shape index (κ3) is 2.05. The summed E-state index contributed by atoms with van der Waals surface area (Å²) in [5.41, 5.74) is 2.54. The van der Waals surface area contributed by atoms with Gasteiger partial charge in [0.15, 0.2) is 0 Å². The van der Waals surface area contributed by atoms with Crippen LogP contribution in [-0.4, -0.2) is 4.98 Å². The second kappa shape index (κ2) is 4.24. The molecule has 3 heteroatoms. The van der Waals surface area contributed by atoms with Crippen molar-refractivity contribution in [3.05, 3.63) is 52.8 Å². The second-order valence-electron chi connectivity index (χ2n) is 3.03. The molecule has 0 bridgehead atoms. The summed E-state index contributed by atoms with van der Waals surface area (Å²) >= 11 is 3.28. The highest BCUT2D eigenvalue weighted by Crippen LogP contribution is 2.23. The lowest BCUT2D eigenvalue weighted by Gasteiger charge is -2.02. The van der Waals surface area contributed by atoms with Gasteiger partial charge in [-0.15, -0.1) is 0 Å². The van der Waals surface area contributed by atoms with Gasteiger partial charge in [-0.3, -0.25) is 0 Å². The first-order valence-electron chi connectivity index (χ1n) is 4.42. The summed E-state index contributed by atoms with van der Waals surface area (Å²) in [6.07, 6.45) is 1.75. The van der Waals surface area contributed by atoms with Gasteiger partial charge in [0.05, 0.1) is 11.6 Å². The molecule has 2 aromatic rings. The van der Waals surface area contributed by atoms with Gasteiger partial charge in [0.25, 0.3) is 0 Å². The van der Waals surface area contributed by atoms with Crippen LogP contribution in [0.4, 0.5) is 0 Å². The highest BCUT2D eigenvalue weighted by atomic mass is 79.9. The molecule has 0 atom stereocenters. The van der Waals surface area contributed by atoms with Crippen molar-refractivity contribution in [1.29, 1.82) is 5.26 Å². The number of halogens is 1. The normalized spacial score (nSPS) is 9.60. The average Bonchev–Trinajstić information content (AvgIpc) is 2.30. The zero-order valence-corrected chi connectivity index (χ0v) is 9.40. The molecule has 0 aliphatic carbocycles. The Kier molecular flexibility index (Phi) is 2.79. The number of nitriles is 1. The lowest BCUT2D eigenvalue weighted by Crippen LogP contribution is -1.84. The van der Waals surface area contributed by atoms with E-state index in [4.69, 9.17) is 5.26 Å². The number of benzene rings is 1. The molecule has 15 heavy (non-hydrogen) atoms. The van der Waals surface area contributed by atoms with E-state index in [2.05, 4.69) is 27.0 Å². The molecule has 0 saturated carbocycles. The van der Waals surface area contributed by atoms with Gasteiger partial charge in [0.1, 0.15) is 4.60 Å². The third-order valence-corrected chi connectivity index (χ3v) is 2.55. The Balaban J connectivity index is 2.55. The van der Waals surface area contributed by atoms with Crippen molar-refractivity contribution in [2.45, 2.75) is 0 Å². The van der Waals surface area contributed by atoms with Crippen molar-refractivity contribution < 1.29 is 0 Å². The van der Waals surface area contributed by atoms with Crippen molar-refractivity contribution >= 4 is 15.9 Å². The predicted octanol–water partition coefficient (Wildman–Crippen LogP) is 3.38. The lowest BCUT2D eigenvalue weighted by molar-refractivity contribution is 1.28. The molecular formula is C12H7BrN2. The van der Waals surface area contributed by atoms with E-state index in [9.17, 15) is 0 Å². The van der Waals surface area contributed by atoms with E-state index >= 15 is 0 Å². The Morgan fingerprint density at radius 2 is 1.93 bits per heavy atom. The van der Waals surface area contributed by atoms with Crippen LogP contribution in [0.1, 0.15) is 5.56 Å². The fraction of sp³-hybridized carbons (Fsp3) is 0. The highest BCUT2D eigenvalue weighted by Gasteiger charge is 2.03. The zero-order valence-electron chi connectivity index (χ0n) is 7.81. The maximum Gasteiger partial charge on any atom is 0.106 e. The number of hydrogen-bond acceptors (Lipinski definition) is 2. The minimum absolute atomic E-state index is 0.668. The Hall–Kier alpha value is -1.66. The van der Waals surface area contributed by atoms with Crippen LogP contribution in [0.25, 0.3) is 11.1 Å². The quantitative estimate of drug-likeness (QED) is 0.736. The smallest absolute Gasteiger partial charge is 0.106 e. The molecule has 0 amide bonds. The number of hydrogen-bond donors (Lipinski definition) is 0. The van der Waals surface area contributed by atoms with Gasteiger partial charge in [-0.2, -0.15) is 5.26 Å². The first-order valence-corrected chi connectivity index (χ1v) is 5.21. The number of pyridine rings is 1. The van der Waals surface area contributed by atoms with Gasteiger partial charge in [-0.05, 0) is 28.1 Å². The van der Waals surface area contributed by atoms with Gasteiger partial charge in [0.2, 0.25) is 0 Å². The molecule has 72 valence electrons. The van der Waals surface area contributed by atoms with Gasteiger partial charge < -0.3 is 0 Å². The molecule has 0 fully saturated rings. The minimum Gasteiger partial charge on any atom is -0.249 e. The predicted molar refractivity (Wildman–Crippen MR) is 62.1 cm³/mol. The van der Waals surface area contributed by atoms with E-state index in [1.807, 2.05) is 30.3 Å². The average molecular weight is 259 g/mol. The molecule has 0 N–H and O–H groups in total. The topological polar surface area (TPSA) is 36.7 Å². The summed E-state index contributed by atoms with van der Waals surface area (Å²) in [6.45, 7) is 0.